The fourth-order valence-corrected chi connectivity index (χ4v) is 0.977. The Balaban J connectivity index is 2.73. The molecule has 4 nitrogen and oxygen atoms in total. The highest BCUT2D eigenvalue weighted by atomic mass is 16.5. The van der Waals surface area contributed by atoms with Gasteiger partial charge in [0.1, 0.15) is 11.4 Å². The molecule has 1 N–H and O–H groups in total. The molecule has 0 aliphatic heterocycles. The molecular formula is C10H17N3O. The van der Waals surface area contributed by atoms with Crippen molar-refractivity contribution >= 4 is 5.82 Å². The van der Waals surface area contributed by atoms with Crippen LogP contribution >= 0.6 is 0 Å². The van der Waals surface area contributed by atoms with Gasteiger partial charge in [-0.15, -0.1) is 0 Å². The van der Waals surface area contributed by atoms with Gasteiger partial charge in [-0.3, -0.25) is 4.98 Å². The molecule has 0 aliphatic rings. The van der Waals surface area contributed by atoms with Crippen molar-refractivity contribution < 1.29 is 4.74 Å². The summed E-state index contributed by atoms with van der Waals surface area (Å²) in [7, 11) is 0. The van der Waals surface area contributed by atoms with E-state index in [1.165, 1.54) is 0 Å². The molecule has 0 fully saturated rings. The third kappa shape index (κ3) is 3.60. The predicted octanol–water partition coefficient (Wildman–Crippen LogP) is 2.09. The summed E-state index contributed by atoms with van der Waals surface area (Å²) in [6.45, 7) is 8.78. The van der Waals surface area contributed by atoms with E-state index < -0.39 is 0 Å². The summed E-state index contributed by atoms with van der Waals surface area (Å²) in [6.07, 6.45) is 3.30. The lowest BCUT2D eigenvalue weighted by molar-refractivity contribution is 0.123. The van der Waals surface area contributed by atoms with Crippen LogP contribution in [0.25, 0.3) is 0 Å². The second-order valence-electron chi connectivity index (χ2n) is 3.99. The maximum Gasteiger partial charge on any atom is 0.234 e. The molecule has 78 valence electrons. The molecular weight excluding hydrogens is 178 g/mol. The van der Waals surface area contributed by atoms with E-state index in [0.29, 0.717) is 5.88 Å². The minimum absolute atomic E-state index is 0.237. The predicted molar refractivity (Wildman–Crippen MR) is 56.6 cm³/mol. The highest BCUT2D eigenvalue weighted by Crippen LogP contribution is 2.15. The minimum atomic E-state index is -0.237. The van der Waals surface area contributed by atoms with Crippen LogP contribution in [0.15, 0.2) is 12.4 Å². The van der Waals surface area contributed by atoms with Gasteiger partial charge in [0.25, 0.3) is 0 Å². The summed E-state index contributed by atoms with van der Waals surface area (Å²) < 4.78 is 5.58. The molecule has 0 radical (unpaired) electrons. The number of anilines is 1. The summed E-state index contributed by atoms with van der Waals surface area (Å²) in [6, 6.07) is 0. The van der Waals surface area contributed by atoms with Crippen molar-refractivity contribution in [3.05, 3.63) is 12.4 Å². The molecule has 0 saturated carbocycles. The van der Waals surface area contributed by atoms with E-state index in [2.05, 4.69) is 15.3 Å². The van der Waals surface area contributed by atoms with Crippen molar-refractivity contribution in [1.82, 2.24) is 9.97 Å². The first-order chi connectivity index (χ1) is 6.51. The number of hydrogen-bond donors (Lipinski definition) is 1. The van der Waals surface area contributed by atoms with Gasteiger partial charge in [-0.1, -0.05) is 0 Å². The van der Waals surface area contributed by atoms with E-state index in [1.54, 1.807) is 12.4 Å². The van der Waals surface area contributed by atoms with Gasteiger partial charge >= 0.3 is 0 Å². The van der Waals surface area contributed by atoms with Crippen molar-refractivity contribution in [2.45, 2.75) is 33.3 Å². The van der Waals surface area contributed by atoms with Crippen molar-refractivity contribution in [2.24, 2.45) is 0 Å². The van der Waals surface area contributed by atoms with Gasteiger partial charge in [-0.2, -0.15) is 4.98 Å². The van der Waals surface area contributed by atoms with Crippen molar-refractivity contribution in [1.29, 1.82) is 0 Å². The van der Waals surface area contributed by atoms with Gasteiger partial charge in [0.2, 0.25) is 5.88 Å². The minimum Gasteiger partial charge on any atom is -0.471 e. The second-order valence-corrected chi connectivity index (χ2v) is 3.99. The van der Waals surface area contributed by atoms with Crippen LogP contribution in [0, 0.1) is 0 Å². The monoisotopic (exact) mass is 195 g/mol. The average Bonchev–Trinajstić information content (AvgIpc) is 2.02. The summed E-state index contributed by atoms with van der Waals surface area (Å²) in [5.41, 5.74) is -0.237. The number of ether oxygens (including phenoxy) is 1. The molecule has 0 unspecified atom stereocenters. The third-order valence-electron chi connectivity index (χ3n) is 1.38. The Bertz CT molecular complexity index is 294. The van der Waals surface area contributed by atoms with Gasteiger partial charge in [-0.25, -0.2) is 0 Å². The highest BCUT2D eigenvalue weighted by Gasteiger charge is 2.12. The van der Waals surface area contributed by atoms with Crippen LogP contribution in [0.5, 0.6) is 5.88 Å². The van der Waals surface area contributed by atoms with E-state index in [1.807, 2.05) is 27.7 Å². The summed E-state index contributed by atoms with van der Waals surface area (Å²) >= 11 is 0. The van der Waals surface area contributed by atoms with Crippen LogP contribution in [0.1, 0.15) is 27.7 Å². The smallest absolute Gasteiger partial charge is 0.234 e. The second kappa shape index (κ2) is 4.26. The van der Waals surface area contributed by atoms with Crippen LogP contribution in [-0.4, -0.2) is 22.1 Å². The molecule has 0 atom stereocenters. The van der Waals surface area contributed by atoms with E-state index in [0.717, 1.165) is 12.4 Å². The van der Waals surface area contributed by atoms with E-state index in [-0.39, 0.29) is 5.60 Å². The lowest BCUT2D eigenvalue weighted by atomic mass is 10.2. The van der Waals surface area contributed by atoms with E-state index >= 15 is 0 Å². The van der Waals surface area contributed by atoms with Gasteiger partial charge in [-0.05, 0) is 27.7 Å². The lowest BCUT2D eigenvalue weighted by Crippen LogP contribution is -2.23. The van der Waals surface area contributed by atoms with Crippen LogP contribution in [0.2, 0.25) is 0 Å². The molecule has 0 amide bonds. The quantitative estimate of drug-likeness (QED) is 0.802. The molecule has 14 heavy (non-hydrogen) atoms. The number of rotatable bonds is 3. The van der Waals surface area contributed by atoms with E-state index in [4.69, 9.17) is 4.74 Å². The van der Waals surface area contributed by atoms with Crippen LogP contribution in [0.4, 0.5) is 5.82 Å². The maximum atomic E-state index is 5.58. The highest BCUT2D eigenvalue weighted by molar-refractivity contribution is 5.32. The molecule has 1 heterocycles. The van der Waals surface area contributed by atoms with Gasteiger partial charge < -0.3 is 10.1 Å². The lowest BCUT2D eigenvalue weighted by Gasteiger charge is -2.20. The number of hydrogen-bond acceptors (Lipinski definition) is 4. The molecule has 0 spiro atoms. The Labute approximate surface area is 84.7 Å². The maximum absolute atomic E-state index is 5.58. The Morgan fingerprint density at radius 1 is 1.36 bits per heavy atom. The van der Waals surface area contributed by atoms with Crippen LogP contribution in [-0.2, 0) is 0 Å². The normalized spacial score (nSPS) is 11.1. The summed E-state index contributed by atoms with van der Waals surface area (Å²) in [5.74, 6) is 1.30. The van der Waals surface area contributed by atoms with Gasteiger partial charge in [0.05, 0.1) is 12.4 Å². The fourth-order valence-electron chi connectivity index (χ4n) is 0.977. The Morgan fingerprint density at radius 2 is 2.07 bits per heavy atom. The molecule has 0 aliphatic carbocycles. The van der Waals surface area contributed by atoms with Gasteiger partial charge in [0, 0.05) is 6.54 Å². The number of aromatic nitrogens is 2. The zero-order valence-electron chi connectivity index (χ0n) is 9.16. The molecule has 1 aromatic heterocycles. The summed E-state index contributed by atoms with van der Waals surface area (Å²) in [5, 5.41) is 3.08. The largest absolute Gasteiger partial charge is 0.471 e. The standard InChI is InChI=1S/C10H17N3O/c1-5-12-8-6-11-7-9(13-8)14-10(2,3)4/h6-7H,5H2,1-4H3,(H,12,13). The third-order valence-corrected chi connectivity index (χ3v) is 1.38. The van der Waals surface area contributed by atoms with Crippen molar-refractivity contribution in [2.75, 3.05) is 11.9 Å². The molecule has 4 heteroatoms. The Kier molecular flexibility index (Phi) is 3.28. The number of nitrogens with one attached hydrogen (secondary N) is 1. The average molecular weight is 195 g/mol. The molecule has 0 bridgehead atoms. The van der Waals surface area contributed by atoms with Crippen LogP contribution in [0.3, 0.4) is 0 Å². The van der Waals surface area contributed by atoms with Crippen molar-refractivity contribution in [3.63, 3.8) is 0 Å². The SMILES string of the molecule is CCNc1cncc(OC(C)(C)C)n1. The summed E-state index contributed by atoms with van der Waals surface area (Å²) in [4.78, 5) is 8.29. The molecule has 0 saturated heterocycles. The molecule has 1 rings (SSSR count). The zero-order chi connectivity index (χ0) is 10.6. The van der Waals surface area contributed by atoms with Crippen LogP contribution < -0.4 is 10.1 Å². The first kappa shape index (κ1) is 10.8. The number of nitrogens with zero attached hydrogens (tertiary/aromatic N) is 2. The Morgan fingerprint density at radius 3 is 2.64 bits per heavy atom. The first-order valence-corrected chi connectivity index (χ1v) is 4.76. The Hall–Kier alpha value is -1.32. The van der Waals surface area contributed by atoms with E-state index in [9.17, 15) is 0 Å². The topological polar surface area (TPSA) is 47.0 Å². The van der Waals surface area contributed by atoms with Crippen molar-refractivity contribution in [3.8, 4) is 5.88 Å². The van der Waals surface area contributed by atoms with Gasteiger partial charge in [0.15, 0.2) is 0 Å². The molecule has 0 aromatic carbocycles. The first-order valence-electron chi connectivity index (χ1n) is 4.76. The fraction of sp³-hybridized carbons (Fsp3) is 0.600. The zero-order valence-corrected chi connectivity index (χ0v) is 9.16. The molecule has 1 aromatic rings.